The van der Waals surface area contributed by atoms with Crippen LogP contribution >= 0.6 is 0 Å². The molecule has 4 atom stereocenters. The molecule has 120 valence electrons. The summed E-state index contributed by atoms with van der Waals surface area (Å²) in [5, 5.41) is 18.8. The van der Waals surface area contributed by atoms with Gasteiger partial charge in [0.2, 0.25) is 0 Å². The van der Waals surface area contributed by atoms with Crippen molar-refractivity contribution < 1.29 is 19.8 Å². The van der Waals surface area contributed by atoms with Crippen LogP contribution in [0, 0.1) is 23.7 Å². The maximum atomic E-state index is 11.6. The lowest BCUT2D eigenvalue weighted by Gasteiger charge is -2.39. The van der Waals surface area contributed by atoms with Crippen LogP contribution in [0.2, 0.25) is 0 Å². The molecule has 4 unspecified atom stereocenters. The minimum absolute atomic E-state index is 0.0808. The predicted molar refractivity (Wildman–Crippen MR) is 77.5 cm³/mol. The highest BCUT2D eigenvalue weighted by molar-refractivity contribution is 5.81. The first-order chi connectivity index (χ1) is 9.90. The number of carbonyl (C=O) groups is 2. The predicted octanol–water partition coefficient (Wildman–Crippen LogP) is 1.03. The normalized spacial score (nSPS) is 40.7. The van der Waals surface area contributed by atoms with Crippen LogP contribution in [-0.4, -0.2) is 34.2 Å². The van der Waals surface area contributed by atoms with E-state index < -0.39 is 29.8 Å². The molecule has 21 heavy (non-hydrogen) atoms. The fourth-order valence-electron chi connectivity index (χ4n) is 4.13. The maximum absolute atomic E-state index is 11.6. The van der Waals surface area contributed by atoms with Crippen molar-refractivity contribution in [2.45, 2.75) is 57.0 Å². The number of hydrogen-bond donors (Lipinski definition) is 4. The molecule has 2 fully saturated rings. The second-order valence-electron chi connectivity index (χ2n) is 6.75. The summed E-state index contributed by atoms with van der Waals surface area (Å²) < 4.78 is 0. The standard InChI is InChI=1S/C15H26N2O4/c16-10-4-1-8(2-5-10)7-9-3-6-11(17)13(15(20)21)12(9)14(18)19/h8-13H,1-7,16-17H2,(H,18,19)(H,20,21). The SMILES string of the molecule is NC1CCC(CC2CCC(N)C(C(=O)O)C2C(=O)O)CC1. The van der Waals surface area contributed by atoms with Gasteiger partial charge in [0.05, 0.1) is 11.8 Å². The van der Waals surface area contributed by atoms with Gasteiger partial charge in [-0.2, -0.15) is 0 Å². The van der Waals surface area contributed by atoms with Crippen molar-refractivity contribution in [2.24, 2.45) is 35.1 Å². The molecule has 2 aliphatic rings. The summed E-state index contributed by atoms with van der Waals surface area (Å²) in [6.07, 6.45) is 6.11. The molecular formula is C15H26N2O4. The van der Waals surface area contributed by atoms with E-state index in [0.29, 0.717) is 18.8 Å². The summed E-state index contributed by atoms with van der Waals surface area (Å²) in [6, 6.07) is -0.289. The summed E-state index contributed by atoms with van der Waals surface area (Å²) in [5.41, 5.74) is 11.8. The van der Waals surface area contributed by atoms with Gasteiger partial charge >= 0.3 is 11.9 Å². The van der Waals surface area contributed by atoms with Crippen molar-refractivity contribution in [3.8, 4) is 0 Å². The van der Waals surface area contributed by atoms with Gasteiger partial charge in [-0.15, -0.1) is 0 Å². The Hall–Kier alpha value is -1.14. The molecule has 0 aromatic rings. The smallest absolute Gasteiger partial charge is 0.308 e. The molecule has 0 aromatic carbocycles. The Kier molecular flexibility index (Phi) is 5.22. The summed E-state index contributed by atoms with van der Waals surface area (Å²) in [5.74, 6) is -3.53. The van der Waals surface area contributed by atoms with Crippen LogP contribution in [0.15, 0.2) is 0 Å². The summed E-state index contributed by atoms with van der Waals surface area (Å²) in [4.78, 5) is 23.0. The molecule has 6 nitrogen and oxygen atoms in total. The summed E-state index contributed by atoms with van der Waals surface area (Å²) in [6.45, 7) is 0. The zero-order valence-electron chi connectivity index (χ0n) is 12.3. The minimum atomic E-state index is -1.08. The van der Waals surface area contributed by atoms with Crippen LogP contribution in [0.3, 0.4) is 0 Å². The third-order valence-corrected chi connectivity index (χ3v) is 5.32. The van der Waals surface area contributed by atoms with E-state index in [1.165, 1.54) is 0 Å². The van der Waals surface area contributed by atoms with Gasteiger partial charge in [-0.3, -0.25) is 9.59 Å². The molecule has 6 heteroatoms. The van der Waals surface area contributed by atoms with E-state index in [4.69, 9.17) is 11.5 Å². The average Bonchev–Trinajstić information content (AvgIpc) is 2.42. The lowest BCUT2D eigenvalue weighted by molar-refractivity contribution is -0.159. The molecule has 0 bridgehead atoms. The number of hydrogen-bond acceptors (Lipinski definition) is 4. The third-order valence-electron chi connectivity index (χ3n) is 5.32. The quantitative estimate of drug-likeness (QED) is 0.614. The van der Waals surface area contributed by atoms with Crippen molar-refractivity contribution in [1.29, 1.82) is 0 Å². The largest absolute Gasteiger partial charge is 0.481 e. The Bertz CT molecular complexity index is 393. The topological polar surface area (TPSA) is 127 Å². The van der Waals surface area contributed by atoms with Crippen LogP contribution in [0.25, 0.3) is 0 Å². The Morgan fingerprint density at radius 1 is 0.857 bits per heavy atom. The zero-order chi connectivity index (χ0) is 15.6. The van der Waals surface area contributed by atoms with E-state index in [9.17, 15) is 19.8 Å². The van der Waals surface area contributed by atoms with Gasteiger partial charge in [0.15, 0.2) is 0 Å². The van der Waals surface area contributed by atoms with Gasteiger partial charge in [-0.25, -0.2) is 0 Å². The first kappa shape index (κ1) is 16.2. The molecule has 2 saturated carbocycles. The molecule has 0 radical (unpaired) electrons. The van der Waals surface area contributed by atoms with Crippen LogP contribution in [0.5, 0.6) is 0 Å². The molecule has 6 N–H and O–H groups in total. The van der Waals surface area contributed by atoms with Crippen molar-refractivity contribution in [1.82, 2.24) is 0 Å². The highest BCUT2D eigenvalue weighted by Crippen LogP contribution is 2.41. The lowest BCUT2D eigenvalue weighted by Crippen LogP contribution is -2.50. The first-order valence-corrected chi connectivity index (χ1v) is 7.87. The highest BCUT2D eigenvalue weighted by Gasteiger charge is 2.46. The van der Waals surface area contributed by atoms with Gasteiger partial charge in [0, 0.05) is 12.1 Å². The summed E-state index contributed by atoms with van der Waals surface area (Å²) in [7, 11) is 0. The molecule has 0 heterocycles. The average molecular weight is 298 g/mol. The third kappa shape index (κ3) is 3.74. The van der Waals surface area contributed by atoms with E-state index in [0.717, 1.165) is 32.1 Å². The molecule has 0 amide bonds. The van der Waals surface area contributed by atoms with Crippen molar-refractivity contribution >= 4 is 11.9 Å². The van der Waals surface area contributed by atoms with E-state index in [1.54, 1.807) is 0 Å². The first-order valence-electron chi connectivity index (χ1n) is 7.87. The highest BCUT2D eigenvalue weighted by atomic mass is 16.4. The zero-order valence-corrected chi connectivity index (χ0v) is 12.3. The molecule has 0 saturated heterocycles. The fraction of sp³-hybridized carbons (Fsp3) is 0.867. The molecule has 2 rings (SSSR count). The molecule has 0 aromatic heterocycles. The van der Waals surface area contributed by atoms with Crippen molar-refractivity contribution in [3.05, 3.63) is 0 Å². The number of aliphatic carboxylic acids is 2. The van der Waals surface area contributed by atoms with Crippen molar-refractivity contribution in [3.63, 3.8) is 0 Å². The molecule has 2 aliphatic carbocycles. The van der Waals surface area contributed by atoms with Gasteiger partial charge in [-0.1, -0.05) is 0 Å². The second kappa shape index (κ2) is 6.75. The van der Waals surface area contributed by atoms with E-state index in [2.05, 4.69) is 0 Å². The number of rotatable bonds is 4. The Morgan fingerprint density at radius 3 is 1.95 bits per heavy atom. The Balaban J connectivity index is 2.06. The van der Waals surface area contributed by atoms with Crippen LogP contribution < -0.4 is 11.5 Å². The van der Waals surface area contributed by atoms with Gasteiger partial charge in [0.1, 0.15) is 0 Å². The molecule has 0 spiro atoms. The number of carboxylic acid groups (broad SMARTS) is 2. The van der Waals surface area contributed by atoms with Gasteiger partial charge < -0.3 is 21.7 Å². The maximum Gasteiger partial charge on any atom is 0.308 e. The van der Waals surface area contributed by atoms with E-state index in [1.807, 2.05) is 0 Å². The fourth-order valence-corrected chi connectivity index (χ4v) is 4.13. The van der Waals surface area contributed by atoms with Crippen LogP contribution in [-0.2, 0) is 9.59 Å². The Morgan fingerprint density at radius 2 is 1.43 bits per heavy atom. The number of carboxylic acids is 2. The minimum Gasteiger partial charge on any atom is -0.481 e. The van der Waals surface area contributed by atoms with E-state index in [-0.39, 0.29) is 12.0 Å². The monoisotopic (exact) mass is 298 g/mol. The Labute approximate surface area is 124 Å². The second-order valence-corrected chi connectivity index (χ2v) is 6.75. The van der Waals surface area contributed by atoms with Crippen molar-refractivity contribution in [2.75, 3.05) is 0 Å². The lowest BCUT2D eigenvalue weighted by atomic mass is 9.66. The van der Waals surface area contributed by atoms with E-state index >= 15 is 0 Å². The van der Waals surface area contributed by atoms with Crippen LogP contribution in [0.4, 0.5) is 0 Å². The van der Waals surface area contributed by atoms with Crippen LogP contribution in [0.1, 0.15) is 44.9 Å². The summed E-state index contributed by atoms with van der Waals surface area (Å²) >= 11 is 0. The molecular weight excluding hydrogens is 272 g/mol. The van der Waals surface area contributed by atoms with Gasteiger partial charge in [0.25, 0.3) is 0 Å². The van der Waals surface area contributed by atoms with Gasteiger partial charge in [-0.05, 0) is 56.8 Å². The molecule has 0 aliphatic heterocycles. The number of nitrogens with two attached hydrogens (primary N) is 2.